The van der Waals surface area contributed by atoms with Crippen molar-refractivity contribution in [2.75, 3.05) is 22.9 Å². The molecule has 3 aromatic rings. The highest BCUT2D eigenvalue weighted by molar-refractivity contribution is 7.92. The number of anilines is 2. The maximum Gasteiger partial charge on any atom is 0.405 e. The molecule has 37 heavy (non-hydrogen) atoms. The number of hydrogen-bond acceptors (Lipinski definition) is 8. The van der Waals surface area contributed by atoms with Gasteiger partial charge in [-0.25, -0.2) is 18.2 Å². The Balaban J connectivity index is 1.71. The van der Waals surface area contributed by atoms with Gasteiger partial charge in [0.15, 0.2) is 0 Å². The summed E-state index contributed by atoms with van der Waals surface area (Å²) in [6.45, 7) is 5.93. The Labute approximate surface area is 216 Å². The number of nitrogens with one attached hydrogen (secondary N) is 2. The van der Waals surface area contributed by atoms with Crippen LogP contribution in [0.3, 0.4) is 0 Å². The zero-order valence-electron chi connectivity index (χ0n) is 21.5. The van der Waals surface area contributed by atoms with Crippen LogP contribution in [-0.4, -0.2) is 54.1 Å². The molecule has 12 heteroatoms. The Bertz CT molecular complexity index is 1380. The zero-order chi connectivity index (χ0) is 27.0. The molecule has 1 aromatic carbocycles. The fourth-order valence-electron chi connectivity index (χ4n) is 4.41. The van der Waals surface area contributed by atoms with Crippen molar-refractivity contribution in [1.29, 1.82) is 0 Å². The molecule has 1 aliphatic rings. The van der Waals surface area contributed by atoms with Gasteiger partial charge in [0.25, 0.3) is 0 Å². The van der Waals surface area contributed by atoms with Gasteiger partial charge in [-0.3, -0.25) is 4.31 Å². The van der Waals surface area contributed by atoms with Crippen molar-refractivity contribution in [3.05, 3.63) is 53.9 Å². The smallest absolute Gasteiger partial charge is 0.405 e. The van der Waals surface area contributed by atoms with Crippen LogP contribution in [0.5, 0.6) is 0 Å². The lowest BCUT2D eigenvalue weighted by atomic mass is 9.93. The Hall–Kier alpha value is -3.67. The number of carbonyl (C=O) groups is 1. The summed E-state index contributed by atoms with van der Waals surface area (Å²) in [6.07, 6.45) is 1.27. The third kappa shape index (κ3) is 6.19. The quantitative estimate of drug-likeness (QED) is 0.358. The third-order valence-electron chi connectivity index (χ3n) is 6.75. The van der Waals surface area contributed by atoms with E-state index in [2.05, 4.69) is 39.7 Å². The van der Waals surface area contributed by atoms with Crippen LogP contribution in [0.2, 0.25) is 0 Å². The average Bonchev–Trinajstić information content (AvgIpc) is 3.34. The molecule has 0 unspecified atom stereocenters. The van der Waals surface area contributed by atoms with Gasteiger partial charge in [0.1, 0.15) is 17.2 Å². The van der Waals surface area contributed by atoms with Crippen molar-refractivity contribution in [3.8, 4) is 11.5 Å². The van der Waals surface area contributed by atoms with E-state index in [0.717, 1.165) is 22.5 Å². The highest BCUT2D eigenvalue weighted by atomic mass is 32.2. The van der Waals surface area contributed by atoms with Gasteiger partial charge in [-0.2, -0.15) is 0 Å². The normalized spacial score (nSPS) is 19.5. The monoisotopic (exact) mass is 528 g/mol. The Morgan fingerprint density at radius 3 is 2.54 bits per heavy atom. The second-order valence-electron chi connectivity index (χ2n) is 9.98. The van der Waals surface area contributed by atoms with E-state index in [0.29, 0.717) is 23.2 Å². The first-order chi connectivity index (χ1) is 17.4. The number of nitrogens with zero attached hydrogens (tertiary/aromatic N) is 4. The Kier molecular flexibility index (Phi) is 7.13. The first-order valence-electron chi connectivity index (χ1n) is 12.0. The first-order valence-corrected chi connectivity index (χ1v) is 13.8. The topological polar surface area (TPSA) is 151 Å². The molecule has 1 amide bonds. The summed E-state index contributed by atoms with van der Waals surface area (Å²) in [7, 11) is -2.16. The molecule has 0 bridgehead atoms. The molecule has 0 aliphatic heterocycles. The summed E-state index contributed by atoms with van der Waals surface area (Å²) >= 11 is 0. The van der Waals surface area contributed by atoms with Gasteiger partial charge in [-0.1, -0.05) is 37.3 Å². The predicted octanol–water partition coefficient (Wildman–Crippen LogP) is 3.71. The van der Waals surface area contributed by atoms with Gasteiger partial charge in [0.05, 0.1) is 6.26 Å². The number of pyridine rings is 1. The molecule has 0 radical (unpaired) electrons. The van der Waals surface area contributed by atoms with Crippen LogP contribution in [0.4, 0.5) is 16.4 Å². The number of sulfonamides is 1. The zero-order valence-corrected chi connectivity index (χ0v) is 22.3. The van der Waals surface area contributed by atoms with Crippen molar-refractivity contribution < 1.29 is 22.7 Å². The van der Waals surface area contributed by atoms with E-state index in [9.17, 15) is 18.3 Å². The molecular formula is C25H32N6O5S. The largest absolute Gasteiger partial charge is 0.465 e. The standard InChI is InChI=1S/C25H32N6O5S/c1-15-11-19(15)16(2)26-20-12-18(13-21(27-20)31(4)37(5,34)35)22-29-30-23(36-22)25(3,28-24(32)33)14-17-9-7-6-8-10-17/h6-10,12-13,15-16,19,28H,11,14H2,1-5H3,(H,26,27)(H,32,33)/t15-,16-,19-,25+/m0/s1. The van der Waals surface area contributed by atoms with E-state index >= 15 is 0 Å². The van der Waals surface area contributed by atoms with E-state index in [-0.39, 0.29) is 30.1 Å². The molecule has 0 saturated heterocycles. The number of aromatic nitrogens is 3. The first kappa shape index (κ1) is 26.4. The maximum absolute atomic E-state index is 12.2. The van der Waals surface area contributed by atoms with Crippen LogP contribution < -0.4 is 14.9 Å². The summed E-state index contributed by atoms with van der Waals surface area (Å²) in [6, 6.07) is 12.8. The molecule has 4 atom stereocenters. The summed E-state index contributed by atoms with van der Waals surface area (Å²) in [5, 5.41) is 23.7. The number of amides is 1. The van der Waals surface area contributed by atoms with Crippen molar-refractivity contribution in [1.82, 2.24) is 20.5 Å². The lowest BCUT2D eigenvalue weighted by Crippen LogP contribution is -2.44. The molecular weight excluding hydrogens is 496 g/mol. The summed E-state index contributed by atoms with van der Waals surface area (Å²) in [5.41, 5.74) is 0.139. The molecule has 2 heterocycles. The molecule has 4 rings (SSSR count). The minimum absolute atomic E-state index is 0.0817. The van der Waals surface area contributed by atoms with Crippen molar-refractivity contribution in [3.63, 3.8) is 0 Å². The van der Waals surface area contributed by atoms with Crippen LogP contribution >= 0.6 is 0 Å². The summed E-state index contributed by atoms with van der Waals surface area (Å²) in [5.74, 6) is 1.99. The van der Waals surface area contributed by atoms with E-state index in [1.807, 2.05) is 30.3 Å². The van der Waals surface area contributed by atoms with Crippen LogP contribution in [0, 0.1) is 11.8 Å². The van der Waals surface area contributed by atoms with Gasteiger partial charge >= 0.3 is 6.09 Å². The molecule has 1 aliphatic carbocycles. The second kappa shape index (κ2) is 10.0. The molecule has 198 valence electrons. The fraction of sp³-hybridized carbons (Fsp3) is 0.440. The van der Waals surface area contributed by atoms with Crippen molar-refractivity contribution in [2.24, 2.45) is 11.8 Å². The Morgan fingerprint density at radius 2 is 1.95 bits per heavy atom. The second-order valence-corrected chi connectivity index (χ2v) is 12.0. The van der Waals surface area contributed by atoms with Gasteiger partial charge < -0.3 is 20.2 Å². The Morgan fingerprint density at radius 1 is 1.27 bits per heavy atom. The average molecular weight is 529 g/mol. The number of benzene rings is 1. The van der Waals surface area contributed by atoms with Crippen LogP contribution in [0.15, 0.2) is 46.9 Å². The number of rotatable bonds is 10. The van der Waals surface area contributed by atoms with E-state index < -0.39 is 21.7 Å². The SMILES string of the molecule is C[C@H](Nc1cc(-c2nnc([C@@](C)(Cc3ccccc3)NC(=O)O)o2)cc(N(C)S(C)(=O)=O)n1)[C@H]1C[C@@H]1C. The van der Waals surface area contributed by atoms with Crippen LogP contribution in [0.25, 0.3) is 11.5 Å². The highest BCUT2D eigenvalue weighted by Crippen LogP contribution is 2.41. The molecule has 3 N–H and O–H groups in total. The predicted molar refractivity (Wildman–Crippen MR) is 140 cm³/mol. The van der Waals surface area contributed by atoms with E-state index in [4.69, 9.17) is 4.42 Å². The third-order valence-corrected chi connectivity index (χ3v) is 7.93. The molecule has 1 saturated carbocycles. The minimum atomic E-state index is -3.58. The van der Waals surface area contributed by atoms with Gasteiger partial charge in [0, 0.05) is 25.1 Å². The van der Waals surface area contributed by atoms with E-state index in [1.54, 1.807) is 19.1 Å². The van der Waals surface area contributed by atoms with Crippen LogP contribution in [-0.2, 0) is 22.0 Å². The summed E-state index contributed by atoms with van der Waals surface area (Å²) < 4.78 is 31.5. The number of carboxylic acid groups (broad SMARTS) is 1. The fourth-order valence-corrected chi connectivity index (χ4v) is 4.84. The van der Waals surface area contributed by atoms with Crippen molar-refractivity contribution >= 4 is 27.8 Å². The minimum Gasteiger partial charge on any atom is -0.465 e. The van der Waals surface area contributed by atoms with Gasteiger partial charge in [-0.05, 0) is 49.8 Å². The highest BCUT2D eigenvalue weighted by Gasteiger charge is 2.38. The van der Waals surface area contributed by atoms with E-state index in [1.165, 1.54) is 7.05 Å². The summed E-state index contributed by atoms with van der Waals surface area (Å²) in [4.78, 5) is 16.1. The molecule has 0 spiro atoms. The maximum atomic E-state index is 12.2. The van der Waals surface area contributed by atoms with Crippen LogP contribution in [0.1, 0.15) is 38.6 Å². The van der Waals surface area contributed by atoms with Gasteiger partial charge in [-0.15, -0.1) is 10.2 Å². The molecule has 1 fully saturated rings. The van der Waals surface area contributed by atoms with Crippen molar-refractivity contribution in [2.45, 2.75) is 45.2 Å². The lowest BCUT2D eigenvalue weighted by Gasteiger charge is -2.25. The molecule has 11 nitrogen and oxygen atoms in total. The van der Waals surface area contributed by atoms with Gasteiger partial charge in [0.2, 0.25) is 21.8 Å². The molecule has 2 aromatic heterocycles. The lowest BCUT2D eigenvalue weighted by molar-refractivity contribution is 0.172. The number of hydrogen-bond donors (Lipinski definition) is 3.